The lowest BCUT2D eigenvalue weighted by Gasteiger charge is -2.10. The number of ether oxygens (including phenoxy) is 1. The Kier molecular flexibility index (Phi) is 4.92. The van der Waals surface area contributed by atoms with Gasteiger partial charge in [0.25, 0.3) is 0 Å². The first-order valence-electron chi connectivity index (χ1n) is 7.45. The highest BCUT2D eigenvalue weighted by atomic mass is 35.5. The van der Waals surface area contributed by atoms with E-state index in [1.54, 1.807) is 0 Å². The molecule has 0 N–H and O–H groups in total. The monoisotopic (exact) mass is 394 g/mol. The van der Waals surface area contributed by atoms with Gasteiger partial charge in [0.05, 0.1) is 16.7 Å². The molecule has 0 radical (unpaired) electrons. The minimum Gasteiger partial charge on any atom is -0.456 e. The van der Waals surface area contributed by atoms with Crippen molar-refractivity contribution in [3.63, 3.8) is 0 Å². The third-order valence-electron chi connectivity index (χ3n) is 3.62. The van der Waals surface area contributed by atoms with Crippen molar-refractivity contribution in [3.05, 3.63) is 69.1 Å². The molecule has 0 aliphatic heterocycles. The summed E-state index contributed by atoms with van der Waals surface area (Å²) in [5, 5.41) is 12.4. The maximum atomic E-state index is 14.3. The van der Waals surface area contributed by atoms with E-state index in [0.29, 0.717) is 16.0 Å². The van der Waals surface area contributed by atoms with Gasteiger partial charge in [-0.2, -0.15) is 18.7 Å². The molecule has 27 heavy (non-hydrogen) atoms. The number of aromatic nitrogens is 3. The zero-order chi connectivity index (χ0) is 19.7. The van der Waals surface area contributed by atoms with Crippen LogP contribution in [-0.4, -0.2) is 14.3 Å². The van der Waals surface area contributed by atoms with Gasteiger partial charge in [0.2, 0.25) is 0 Å². The number of hydrogen-bond acceptors (Lipinski definition) is 4. The van der Waals surface area contributed by atoms with Crippen LogP contribution in [0.25, 0.3) is 5.69 Å². The second kappa shape index (κ2) is 7.17. The number of nitriles is 1. The summed E-state index contributed by atoms with van der Waals surface area (Å²) >= 11 is 5.97. The summed E-state index contributed by atoms with van der Waals surface area (Å²) in [4.78, 5) is 12.1. The van der Waals surface area contributed by atoms with E-state index in [1.807, 2.05) is 6.07 Å². The third-order valence-corrected chi connectivity index (χ3v) is 3.91. The molecule has 0 saturated carbocycles. The van der Waals surface area contributed by atoms with Crippen LogP contribution in [0.1, 0.15) is 17.9 Å². The molecule has 0 atom stereocenters. The molecule has 3 rings (SSSR count). The number of benzene rings is 2. The van der Waals surface area contributed by atoms with Crippen LogP contribution in [-0.2, 0) is 0 Å². The number of aryl methyl sites for hydroxylation is 1. The molecule has 0 amide bonds. The number of alkyl halides is 2. The predicted molar refractivity (Wildman–Crippen MR) is 90.0 cm³/mol. The topological polar surface area (TPSA) is 72.8 Å². The number of halogens is 4. The second-order valence-corrected chi connectivity index (χ2v) is 5.77. The minimum atomic E-state index is -3.11. The summed E-state index contributed by atoms with van der Waals surface area (Å²) in [6, 6.07) is 9.93. The van der Waals surface area contributed by atoms with Crippen molar-refractivity contribution in [2.45, 2.75) is 13.5 Å². The van der Waals surface area contributed by atoms with Crippen LogP contribution < -0.4 is 10.4 Å². The van der Waals surface area contributed by atoms with Gasteiger partial charge in [-0.3, -0.25) is 0 Å². The lowest BCUT2D eigenvalue weighted by atomic mass is 10.2. The average Bonchev–Trinajstić information content (AvgIpc) is 2.92. The van der Waals surface area contributed by atoms with Crippen molar-refractivity contribution in [3.8, 4) is 23.3 Å². The van der Waals surface area contributed by atoms with Gasteiger partial charge in [-0.1, -0.05) is 11.6 Å². The van der Waals surface area contributed by atoms with E-state index >= 15 is 0 Å². The van der Waals surface area contributed by atoms with Crippen LogP contribution in [0.15, 0.2) is 41.2 Å². The maximum absolute atomic E-state index is 14.3. The summed E-state index contributed by atoms with van der Waals surface area (Å²) in [7, 11) is 0. The molecule has 1 aromatic heterocycles. The Morgan fingerprint density at radius 3 is 2.48 bits per heavy atom. The van der Waals surface area contributed by atoms with Crippen LogP contribution in [0.4, 0.5) is 13.2 Å². The smallest absolute Gasteiger partial charge is 0.355 e. The molecule has 0 spiro atoms. The molecule has 0 unspecified atom stereocenters. The highest BCUT2D eigenvalue weighted by Gasteiger charge is 2.21. The van der Waals surface area contributed by atoms with Gasteiger partial charge >= 0.3 is 12.2 Å². The van der Waals surface area contributed by atoms with Crippen LogP contribution in [0.3, 0.4) is 0 Å². The van der Waals surface area contributed by atoms with Crippen molar-refractivity contribution in [2.24, 2.45) is 0 Å². The van der Waals surface area contributed by atoms with Crippen LogP contribution >= 0.6 is 11.6 Å². The number of hydrogen-bond donors (Lipinski definition) is 0. The fourth-order valence-electron chi connectivity index (χ4n) is 2.34. The zero-order valence-electron chi connectivity index (χ0n) is 13.7. The van der Waals surface area contributed by atoms with E-state index in [9.17, 15) is 18.0 Å². The van der Waals surface area contributed by atoms with E-state index < -0.39 is 23.7 Å². The minimum absolute atomic E-state index is 0.0195. The Labute approximate surface area is 155 Å². The molecular weight excluding hydrogens is 385 g/mol. The quantitative estimate of drug-likeness (QED) is 0.665. The first-order chi connectivity index (χ1) is 12.8. The number of nitrogens with zero attached hydrogens (tertiary/aromatic N) is 4. The highest BCUT2D eigenvalue weighted by Crippen LogP contribution is 2.33. The predicted octanol–water partition coefficient (Wildman–Crippen LogP) is 4.19. The first-order valence-corrected chi connectivity index (χ1v) is 7.83. The summed E-state index contributed by atoms with van der Waals surface area (Å²) in [5.74, 6) is -0.934. The Balaban J connectivity index is 2.06. The fourth-order valence-corrected chi connectivity index (χ4v) is 2.53. The molecule has 0 aliphatic rings. The SMILES string of the molecule is Cc1nn(-c2cc(Oc3ccc(C#N)cc3)c(Cl)cc2F)c(=O)n1C(F)F. The van der Waals surface area contributed by atoms with Crippen LogP contribution in [0.2, 0.25) is 5.02 Å². The Bertz CT molecular complexity index is 1100. The summed E-state index contributed by atoms with van der Waals surface area (Å²) in [6.45, 7) is -1.91. The van der Waals surface area contributed by atoms with Gasteiger partial charge in [0.15, 0.2) is 5.82 Å². The van der Waals surface area contributed by atoms with Gasteiger partial charge in [0.1, 0.15) is 23.0 Å². The van der Waals surface area contributed by atoms with E-state index in [2.05, 4.69) is 5.10 Å². The van der Waals surface area contributed by atoms with Crippen LogP contribution in [0, 0.1) is 24.1 Å². The standard InChI is InChI=1S/C17H10ClF3N4O2/c1-9-23-25(17(26)24(9)16(20)21)14-7-15(12(18)6-13(14)19)27-11-4-2-10(8-22)3-5-11/h2-7,16H,1H3. The van der Waals surface area contributed by atoms with Crippen molar-refractivity contribution in [1.82, 2.24) is 14.3 Å². The molecule has 1 heterocycles. The Hall–Kier alpha value is -3.25. The lowest BCUT2D eigenvalue weighted by molar-refractivity contribution is 0.0640. The molecule has 3 aromatic rings. The molecule has 6 nitrogen and oxygen atoms in total. The van der Waals surface area contributed by atoms with Gasteiger partial charge in [-0.15, -0.1) is 5.10 Å². The van der Waals surface area contributed by atoms with Crippen molar-refractivity contribution in [1.29, 1.82) is 5.26 Å². The Morgan fingerprint density at radius 1 is 1.26 bits per heavy atom. The molecule has 0 saturated heterocycles. The zero-order valence-corrected chi connectivity index (χ0v) is 14.4. The van der Waals surface area contributed by atoms with E-state index in [1.165, 1.54) is 31.2 Å². The van der Waals surface area contributed by atoms with Gasteiger partial charge in [0, 0.05) is 6.07 Å². The van der Waals surface area contributed by atoms with E-state index in [-0.39, 0.29) is 21.2 Å². The average molecular weight is 395 g/mol. The molecule has 138 valence electrons. The summed E-state index contributed by atoms with van der Waals surface area (Å²) < 4.78 is 46.4. The largest absolute Gasteiger partial charge is 0.456 e. The first kappa shape index (κ1) is 18.5. The molecular formula is C17H10ClF3N4O2. The molecule has 0 aliphatic carbocycles. The van der Waals surface area contributed by atoms with Gasteiger partial charge < -0.3 is 4.74 Å². The lowest BCUT2D eigenvalue weighted by Crippen LogP contribution is -2.25. The Morgan fingerprint density at radius 2 is 1.93 bits per heavy atom. The van der Waals surface area contributed by atoms with Gasteiger partial charge in [-0.25, -0.2) is 13.8 Å². The van der Waals surface area contributed by atoms with Crippen molar-refractivity contribution >= 4 is 11.6 Å². The fraction of sp³-hybridized carbons (Fsp3) is 0.118. The van der Waals surface area contributed by atoms with E-state index in [4.69, 9.17) is 21.6 Å². The number of rotatable bonds is 4. The molecule has 2 aromatic carbocycles. The maximum Gasteiger partial charge on any atom is 0.355 e. The molecule has 0 bridgehead atoms. The third kappa shape index (κ3) is 3.52. The summed E-state index contributed by atoms with van der Waals surface area (Å²) in [6.07, 6.45) is 0. The highest BCUT2D eigenvalue weighted by molar-refractivity contribution is 6.32. The molecule has 10 heteroatoms. The van der Waals surface area contributed by atoms with Crippen molar-refractivity contribution < 1.29 is 17.9 Å². The molecule has 0 fully saturated rings. The van der Waals surface area contributed by atoms with Crippen LogP contribution in [0.5, 0.6) is 11.5 Å². The second-order valence-electron chi connectivity index (χ2n) is 5.36. The van der Waals surface area contributed by atoms with E-state index in [0.717, 1.165) is 12.1 Å². The van der Waals surface area contributed by atoms with Crippen molar-refractivity contribution in [2.75, 3.05) is 0 Å². The normalized spacial score (nSPS) is 10.9. The van der Waals surface area contributed by atoms with Gasteiger partial charge in [-0.05, 0) is 37.3 Å². The summed E-state index contributed by atoms with van der Waals surface area (Å²) in [5.41, 5.74) is -1.18.